The van der Waals surface area contributed by atoms with Crippen LogP contribution >= 0.6 is 11.8 Å². The second-order valence-electron chi connectivity index (χ2n) is 4.78. The average molecular weight is 310 g/mol. The molecule has 1 rings (SSSR count). The minimum Gasteiger partial charge on any atom is -0.548 e. The van der Waals surface area contributed by atoms with Crippen LogP contribution in [-0.2, 0) is 9.59 Å². The van der Waals surface area contributed by atoms with Gasteiger partial charge < -0.3 is 20.0 Å². The number of carbonyl (C=O) groups excluding carboxylic acids is 2. The molecule has 0 aliphatic carbocycles. The molecule has 0 saturated carbocycles. The molecule has 21 heavy (non-hydrogen) atoms. The number of rotatable bonds is 8. The van der Waals surface area contributed by atoms with E-state index in [1.807, 2.05) is 38.3 Å². The Kier molecular flexibility index (Phi) is 7.08. The Morgan fingerprint density at radius 2 is 2.10 bits per heavy atom. The monoisotopic (exact) mass is 310 g/mol. The van der Waals surface area contributed by atoms with Crippen molar-refractivity contribution in [1.29, 1.82) is 0 Å². The molecule has 6 heteroatoms. The van der Waals surface area contributed by atoms with Crippen LogP contribution in [0.2, 0.25) is 0 Å². The number of aryl methyl sites for hydroxylation is 2. The zero-order chi connectivity index (χ0) is 15.8. The Labute approximate surface area is 129 Å². The van der Waals surface area contributed by atoms with Crippen LogP contribution in [0.5, 0.6) is 5.75 Å². The van der Waals surface area contributed by atoms with Crippen LogP contribution in [-0.4, -0.2) is 36.5 Å². The SMILES string of the molecule is CSCC[C@H](NC(=O)COc1cc(C)ccc1C)C(=O)[O-]. The molecule has 0 aliphatic heterocycles. The topological polar surface area (TPSA) is 78.5 Å². The fraction of sp³-hybridized carbons (Fsp3) is 0.467. The van der Waals surface area contributed by atoms with E-state index in [1.165, 1.54) is 11.8 Å². The molecule has 5 nitrogen and oxygen atoms in total. The van der Waals surface area contributed by atoms with Gasteiger partial charge in [-0.2, -0.15) is 11.8 Å². The first-order valence-electron chi connectivity index (χ1n) is 6.63. The van der Waals surface area contributed by atoms with Crippen LogP contribution in [0.1, 0.15) is 17.5 Å². The number of benzene rings is 1. The molecule has 0 unspecified atom stereocenters. The summed E-state index contributed by atoms with van der Waals surface area (Å²) in [7, 11) is 0. The van der Waals surface area contributed by atoms with Gasteiger partial charge in [-0.15, -0.1) is 0 Å². The quantitative estimate of drug-likeness (QED) is 0.763. The number of hydrogen-bond donors (Lipinski definition) is 1. The molecule has 116 valence electrons. The first-order chi connectivity index (χ1) is 9.93. The molecular formula is C15H20NO4S-. The zero-order valence-electron chi connectivity index (χ0n) is 12.5. The third-order valence-electron chi connectivity index (χ3n) is 2.93. The summed E-state index contributed by atoms with van der Waals surface area (Å²) in [6.07, 6.45) is 2.20. The van der Waals surface area contributed by atoms with Gasteiger partial charge in [0.2, 0.25) is 0 Å². The fourth-order valence-electron chi connectivity index (χ4n) is 1.73. The molecule has 1 amide bonds. The predicted octanol–water partition coefficient (Wildman–Crippen LogP) is 0.670. The molecule has 0 aliphatic rings. The Balaban J connectivity index is 2.52. The lowest BCUT2D eigenvalue weighted by Crippen LogP contribution is -2.49. The van der Waals surface area contributed by atoms with Crippen LogP contribution in [0.4, 0.5) is 0 Å². The summed E-state index contributed by atoms with van der Waals surface area (Å²) >= 11 is 1.51. The van der Waals surface area contributed by atoms with E-state index in [4.69, 9.17) is 4.74 Å². The molecule has 1 atom stereocenters. The maximum absolute atomic E-state index is 11.8. The van der Waals surface area contributed by atoms with Crippen LogP contribution in [0.25, 0.3) is 0 Å². The summed E-state index contributed by atoms with van der Waals surface area (Å²) in [5.74, 6) is -0.480. The highest BCUT2D eigenvalue weighted by Gasteiger charge is 2.13. The highest BCUT2D eigenvalue weighted by Crippen LogP contribution is 2.18. The van der Waals surface area contributed by atoms with Gasteiger partial charge in [0.25, 0.3) is 5.91 Å². The first-order valence-corrected chi connectivity index (χ1v) is 8.02. The summed E-state index contributed by atoms with van der Waals surface area (Å²) in [6.45, 7) is 3.60. The normalized spacial score (nSPS) is 11.8. The lowest BCUT2D eigenvalue weighted by Gasteiger charge is -2.19. The maximum atomic E-state index is 11.8. The van der Waals surface area contributed by atoms with Gasteiger partial charge in [-0.25, -0.2) is 0 Å². The predicted molar refractivity (Wildman–Crippen MR) is 81.3 cm³/mol. The van der Waals surface area contributed by atoms with Gasteiger partial charge in [-0.05, 0) is 49.5 Å². The van der Waals surface area contributed by atoms with Crippen LogP contribution in [0.15, 0.2) is 18.2 Å². The highest BCUT2D eigenvalue weighted by atomic mass is 32.2. The van der Waals surface area contributed by atoms with Crippen molar-refractivity contribution in [1.82, 2.24) is 5.32 Å². The summed E-state index contributed by atoms with van der Waals surface area (Å²) in [5, 5.41) is 13.4. The summed E-state index contributed by atoms with van der Waals surface area (Å²) < 4.78 is 5.43. The molecule has 1 aromatic carbocycles. The van der Waals surface area contributed by atoms with Crippen LogP contribution in [0, 0.1) is 13.8 Å². The van der Waals surface area contributed by atoms with Crippen molar-refractivity contribution in [3.8, 4) is 5.75 Å². The number of carboxylic acids is 1. The number of ether oxygens (including phenoxy) is 1. The van der Waals surface area contributed by atoms with Crippen molar-refractivity contribution in [2.45, 2.75) is 26.3 Å². The van der Waals surface area contributed by atoms with E-state index in [9.17, 15) is 14.7 Å². The lowest BCUT2D eigenvalue weighted by molar-refractivity contribution is -0.308. The third kappa shape index (κ3) is 6.08. The van der Waals surface area contributed by atoms with E-state index in [2.05, 4.69) is 5.32 Å². The lowest BCUT2D eigenvalue weighted by atomic mass is 10.1. The first kappa shape index (κ1) is 17.4. The molecule has 0 radical (unpaired) electrons. The average Bonchev–Trinajstić information content (AvgIpc) is 2.44. The Bertz CT molecular complexity index is 504. The van der Waals surface area contributed by atoms with Gasteiger partial charge in [-0.3, -0.25) is 4.79 Å². The summed E-state index contributed by atoms with van der Waals surface area (Å²) in [4.78, 5) is 22.7. The van der Waals surface area contributed by atoms with Crippen molar-refractivity contribution >= 4 is 23.6 Å². The molecule has 1 aromatic rings. The van der Waals surface area contributed by atoms with Gasteiger partial charge in [0, 0.05) is 0 Å². The maximum Gasteiger partial charge on any atom is 0.258 e. The fourth-order valence-corrected chi connectivity index (χ4v) is 2.20. The molecule has 0 fully saturated rings. The standard InChI is InChI=1S/C15H21NO4S/c1-10-4-5-11(2)13(8-10)20-9-14(17)16-12(15(18)19)6-7-21-3/h4-5,8,12H,6-7,9H2,1-3H3,(H,16,17)(H,18,19)/p-1/t12-/m0/s1. The smallest absolute Gasteiger partial charge is 0.258 e. The van der Waals surface area contributed by atoms with Gasteiger partial charge >= 0.3 is 0 Å². The number of amides is 1. The number of aliphatic carboxylic acids is 1. The van der Waals surface area contributed by atoms with Crippen molar-refractivity contribution < 1.29 is 19.4 Å². The Morgan fingerprint density at radius 3 is 2.71 bits per heavy atom. The summed E-state index contributed by atoms with van der Waals surface area (Å²) in [6, 6.07) is 4.72. The van der Waals surface area contributed by atoms with E-state index >= 15 is 0 Å². The van der Waals surface area contributed by atoms with Crippen LogP contribution in [0.3, 0.4) is 0 Å². The number of carbonyl (C=O) groups is 2. The van der Waals surface area contributed by atoms with E-state index in [-0.39, 0.29) is 6.61 Å². The number of carboxylic acid groups (broad SMARTS) is 1. The molecule has 0 aromatic heterocycles. The van der Waals surface area contributed by atoms with E-state index in [0.717, 1.165) is 11.1 Å². The molecular weight excluding hydrogens is 290 g/mol. The van der Waals surface area contributed by atoms with Gasteiger partial charge in [0.1, 0.15) is 5.75 Å². The third-order valence-corrected chi connectivity index (χ3v) is 3.58. The largest absolute Gasteiger partial charge is 0.548 e. The minimum atomic E-state index is -1.27. The minimum absolute atomic E-state index is 0.215. The van der Waals surface area contributed by atoms with Crippen molar-refractivity contribution in [3.63, 3.8) is 0 Å². The second-order valence-corrected chi connectivity index (χ2v) is 5.76. The Hall–Kier alpha value is -1.69. The van der Waals surface area contributed by atoms with Crippen molar-refractivity contribution in [3.05, 3.63) is 29.3 Å². The summed E-state index contributed by atoms with van der Waals surface area (Å²) in [5.41, 5.74) is 1.95. The van der Waals surface area contributed by atoms with Crippen molar-refractivity contribution in [2.75, 3.05) is 18.6 Å². The van der Waals surface area contributed by atoms with E-state index in [1.54, 1.807) is 0 Å². The van der Waals surface area contributed by atoms with E-state index < -0.39 is 17.9 Å². The zero-order valence-corrected chi connectivity index (χ0v) is 13.3. The second kappa shape index (κ2) is 8.56. The highest BCUT2D eigenvalue weighted by molar-refractivity contribution is 7.98. The van der Waals surface area contributed by atoms with Crippen molar-refractivity contribution in [2.24, 2.45) is 0 Å². The molecule has 0 spiro atoms. The van der Waals surface area contributed by atoms with Gasteiger partial charge in [0.15, 0.2) is 6.61 Å². The molecule has 0 bridgehead atoms. The van der Waals surface area contributed by atoms with Gasteiger partial charge in [-0.1, -0.05) is 12.1 Å². The van der Waals surface area contributed by atoms with Gasteiger partial charge in [0.05, 0.1) is 12.0 Å². The molecule has 1 N–H and O–H groups in total. The molecule has 0 saturated heterocycles. The number of hydrogen-bond acceptors (Lipinski definition) is 5. The van der Waals surface area contributed by atoms with E-state index in [0.29, 0.717) is 17.9 Å². The Morgan fingerprint density at radius 1 is 1.38 bits per heavy atom. The number of thioether (sulfide) groups is 1. The molecule has 0 heterocycles. The van der Waals surface area contributed by atoms with Crippen LogP contribution < -0.4 is 15.2 Å². The number of nitrogens with one attached hydrogen (secondary N) is 1.